The van der Waals surface area contributed by atoms with Crippen LogP contribution in [0.4, 0.5) is 5.82 Å². The highest BCUT2D eigenvalue weighted by Crippen LogP contribution is 2.23. The van der Waals surface area contributed by atoms with Gasteiger partial charge in [0.25, 0.3) is 5.56 Å². The second kappa shape index (κ2) is 11.2. The van der Waals surface area contributed by atoms with Crippen molar-refractivity contribution in [1.29, 1.82) is 0 Å². The quantitative estimate of drug-likeness (QED) is 0.473. The summed E-state index contributed by atoms with van der Waals surface area (Å²) in [5.41, 5.74) is 5.54. The van der Waals surface area contributed by atoms with Crippen molar-refractivity contribution < 1.29 is 14.3 Å². The number of methoxy groups -OCH3 is 1. The first kappa shape index (κ1) is 24.2. The zero-order valence-electron chi connectivity index (χ0n) is 16.0. The number of carbonyl (C=O) groups excluding carboxylic acids is 2. The molecule has 1 aliphatic heterocycles. The molecule has 2 N–H and O–H groups in total. The summed E-state index contributed by atoms with van der Waals surface area (Å²) < 4.78 is 6.07. The lowest BCUT2D eigenvalue weighted by molar-refractivity contribution is -0.152. The zero-order valence-corrected chi connectivity index (χ0v) is 17.6. The van der Waals surface area contributed by atoms with Gasteiger partial charge in [-0.05, 0) is 24.8 Å². The molecule has 0 aliphatic carbocycles. The highest BCUT2D eigenvalue weighted by atomic mass is 35.5. The predicted octanol–water partition coefficient (Wildman–Crippen LogP) is -0.0138. The van der Waals surface area contributed by atoms with Gasteiger partial charge in [0.1, 0.15) is 17.7 Å². The number of aromatic nitrogens is 2. The molecule has 0 unspecified atom stereocenters. The van der Waals surface area contributed by atoms with E-state index in [1.54, 1.807) is 13.1 Å². The number of rotatable bonds is 7. The summed E-state index contributed by atoms with van der Waals surface area (Å²) in [7, 11) is 2.89. The molecule has 11 heteroatoms. The van der Waals surface area contributed by atoms with Crippen LogP contribution in [0.25, 0.3) is 0 Å². The van der Waals surface area contributed by atoms with Crippen LogP contribution in [0.15, 0.2) is 16.9 Å². The number of anilines is 1. The highest BCUT2D eigenvalue weighted by Gasteiger charge is 2.32. The van der Waals surface area contributed by atoms with Crippen LogP contribution < -0.4 is 16.2 Å². The molecule has 1 amide bonds. The minimum atomic E-state index is -0.829. The molecule has 1 atom stereocenters. The summed E-state index contributed by atoms with van der Waals surface area (Å²) in [5, 5.41) is 4.27. The highest BCUT2D eigenvalue weighted by molar-refractivity contribution is 6.27. The number of piperidine rings is 1. The Bertz CT molecular complexity index is 722. The second-order valence-corrected chi connectivity index (χ2v) is 6.81. The van der Waals surface area contributed by atoms with Crippen LogP contribution in [0.2, 0.25) is 0 Å². The Hall–Kier alpha value is -1.84. The average molecular weight is 436 g/mol. The van der Waals surface area contributed by atoms with E-state index in [-0.39, 0.29) is 42.2 Å². The molecule has 0 spiro atoms. The van der Waals surface area contributed by atoms with Crippen molar-refractivity contribution >= 4 is 41.7 Å². The number of nitrogens with two attached hydrogens (primary N) is 1. The van der Waals surface area contributed by atoms with Crippen molar-refractivity contribution in [2.24, 2.45) is 18.7 Å². The van der Waals surface area contributed by atoms with E-state index in [4.69, 9.17) is 22.1 Å². The number of nitrogens with zero attached hydrogens (tertiary/aromatic N) is 4. The fourth-order valence-corrected chi connectivity index (χ4v) is 3.40. The van der Waals surface area contributed by atoms with Gasteiger partial charge in [-0.2, -0.15) is 5.10 Å². The third-order valence-electron chi connectivity index (χ3n) is 4.85. The van der Waals surface area contributed by atoms with Crippen molar-refractivity contribution in [3.8, 4) is 0 Å². The summed E-state index contributed by atoms with van der Waals surface area (Å²) in [6.07, 6.45) is 1.63. The van der Waals surface area contributed by atoms with Gasteiger partial charge in [-0.1, -0.05) is 0 Å². The van der Waals surface area contributed by atoms with Crippen LogP contribution in [0.3, 0.4) is 0 Å². The van der Waals surface area contributed by atoms with Gasteiger partial charge >= 0.3 is 5.97 Å². The summed E-state index contributed by atoms with van der Waals surface area (Å²) >= 11 is 5.72. The molecule has 0 radical (unpaired) electrons. The lowest BCUT2D eigenvalue weighted by Crippen LogP contribution is -2.52. The van der Waals surface area contributed by atoms with E-state index in [9.17, 15) is 14.4 Å². The Morgan fingerprint density at radius 2 is 2.04 bits per heavy atom. The number of aryl methyl sites for hydroxylation is 1. The van der Waals surface area contributed by atoms with Gasteiger partial charge in [-0.25, -0.2) is 9.48 Å². The maximum Gasteiger partial charge on any atom is 0.329 e. The summed E-state index contributed by atoms with van der Waals surface area (Å²) in [6, 6.07) is 2.38. The molecule has 1 aromatic heterocycles. The van der Waals surface area contributed by atoms with E-state index < -0.39 is 12.0 Å². The lowest BCUT2D eigenvalue weighted by Gasteiger charge is -2.37. The van der Waals surface area contributed by atoms with Gasteiger partial charge in [0.2, 0.25) is 5.91 Å². The molecular formula is C17H27Cl2N5O4. The van der Waals surface area contributed by atoms with Crippen LogP contribution in [0, 0.1) is 5.92 Å². The molecule has 9 nitrogen and oxygen atoms in total. The van der Waals surface area contributed by atoms with Gasteiger partial charge in [-0.15, -0.1) is 24.0 Å². The third kappa shape index (κ3) is 5.83. The molecule has 2 rings (SSSR count). The predicted molar refractivity (Wildman–Crippen MR) is 109 cm³/mol. The van der Waals surface area contributed by atoms with E-state index in [1.807, 2.05) is 0 Å². The molecule has 0 aromatic carbocycles. The number of hydrogen-bond acceptors (Lipinski definition) is 7. The Morgan fingerprint density at radius 1 is 1.39 bits per heavy atom. The van der Waals surface area contributed by atoms with E-state index in [2.05, 4.69) is 10.00 Å². The Kier molecular flexibility index (Phi) is 9.71. The Morgan fingerprint density at radius 3 is 2.54 bits per heavy atom. The number of amides is 1. The largest absolute Gasteiger partial charge is 0.467 e. The van der Waals surface area contributed by atoms with Crippen molar-refractivity contribution in [2.75, 3.05) is 44.1 Å². The molecule has 28 heavy (non-hydrogen) atoms. The monoisotopic (exact) mass is 435 g/mol. The Labute approximate surface area is 175 Å². The molecule has 1 fully saturated rings. The van der Waals surface area contributed by atoms with Crippen molar-refractivity contribution in [3.05, 3.63) is 22.5 Å². The molecule has 0 saturated carbocycles. The molecule has 1 saturated heterocycles. The maximum absolute atomic E-state index is 12.2. The van der Waals surface area contributed by atoms with Crippen LogP contribution >= 0.6 is 24.0 Å². The van der Waals surface area contributed by atoms with Gasteiger partial charge in [0.05, 0.1) is 7.11 Å². The van der Waals surface area contributed by atoms with Crippen molar-refractivity contribution in [1.82, 2.24) is 14.7 Å². The minimum absolute atomic E-state index is 0. The van der Waals surface area contributed by atoms with E-state index in [1.165, 1.54) is 22.8 Å². The molecule has 0 bridgehead atoms. The smallest absolute Gasteiger partial charge is 0.329 e. The van der Waals surface area contributed by atoms with Crippen LogP contribution in [0.5, 0.6) is 0 Å². The molecule has 1 aromatic rings. The maximum atomic E-state index is 12.2. The minimum Gasteiger partial charge on any atom is -0.467 e. The Balaban J connectivity index is 0.00000392. The summed E-state index contributed by atoms with van der Waals surface area (Å²) in [4.78, 5) is 39.2. The lowest BCUT2D eigenvalue weighted by atomic mass is 9.95. The number of alkyl halides is 1. The standard InChI is InChI=1S/C17H26ClN5O4.ClH/c1-21-15(24)4-3-14(20-21)22-7-5-12(6-8-22)11-23(16(25)9-18)13(10-19)17(26)27-2;/h3-4,12-13H,5-11,19H2,1-2H3;1H/t13-;/m1./s1. The molecule has 1 aliphatic rings. The SMILES string of the molecule is COC(=O)[C@@H](CN)N(CC1CCN(c2ccc(=O)n(C)n2)CC1)C(=O)CCl.Cl. The van der Waals surface area contributed by atoms with Crippen LogP contribution in [0.1, 0.15) is 12.8 Å². The first-order valence-corrected chi connectivity index (χ1v) is 9.37. The summed E-state index contributed by atoms with van der Waals surface area (Å²) in [5.74, 6) is -0.130. The molecular weight excluding hydrogens is 409 g/mol. The number of esters is 1. The number of hydrogen-bond donors (Lipinski definition) is 1. The summed E-state index contributed by atoms with van der Waals surface area (Å²) in [6.45, 7) is 1.86. The third-order valence-corrected chi connectivity index (χ3v) is 5.08. The van der Waals surface area contributed by atoms with Crippen LogP contribution in [-0.2, 0) is 21.4 Å². The molecule has 158 valence electrons. The second-order valence-electron chi connectivity index (χ2n) is 6.54. The van der Waals surface area contributed by atoms with Crippen LogP contribution in [-0.4, -0.2) is 71.8 Å². The van der Waals surface area contributed by atoms with Gasteiger partial charge in [0.15, 0.2) is 0 Å². The van der Waals surface area contributed by atoms with E-state index >= 15 is 0 Å². The van der Waals surface area contributed by atoms with Gasteiger partial charge in [-0.3, -0.25) is 9.59 Å². The van der Waals surface area contributed by atoms with E-state index in [0.29, 0.717) is 6.54 Å². The molecule has 2 heterocycles. The number of ether oxygens (including phenoxy) is 1. The fraction of sp³-hybridized carbons (Fsp3) is 0.647. The number of carbonyl (C=O) groups is 2. The van der Waals surface area contributed by atoms with Gasteiger partial charge in [0, 0.05) is 39.3 Å². The first-order chi connectivity index (χ1) is 12.9. The average Bonchev–Trinajstić information content (AvgIpc) is 2.69. The van der Waals surface area contributed by atoms with Crippen molar-refractivity contribution in [3.63, 3.8) is 0 Å². The van der Waals surface area contributed by atoms with E-state index in [0.717, 1.165) is 31.7 Å². The zero-order chi connectivity index (χ0) is 20.0. The normalized spacial score (nSPS) is 15.5. The first-order valence-electron chi connectivity index (χ1n) is 8.83. The number of halogens is 2. The van der Waals surface area contributed by atoms with Gasteiger partial charge < -0.3 is 20.3 Å². The van der Waals surface area contributed by atoms with Crippen molar-refractivity contribution in [2.45, 2.75) is 18.9 Å². The topological polar surface area (TPSA) is 111 Å². The fourth-order valence-electron chi connectivity index (χ4n) is 3.25.